The van der Waals surface area contributed by atoms with E-state index in [1.54, 1.807) is 18.4 Å². The van der Waals surface area contributed by atoms with Crippen molar-refractivity contribution in [1.82, 2.24) is 9.97 Å². The van der Waals surface area contributed by atoms with Crippen LogP contribution in [0.2, 0.25) is 0 Å². The molecule has 3 rings (SSSR count). The van der Waals surface area contributed by atoms with Crippen molar-refractivity contribution in [3.8, 4) is 16.9 Å². The van der Waals surface area contributed by atoms with E-state index < -0.39 is 0 Å². The third-order valence-corrected chi connectivity index (χ3v) is 5.38. The second-order valence-electron chi connectivity index (χ2n) is 5.25. The quantitative estimate of drug-likeness (QED) is 0.347. The molecule has 0 aliphatic rings. The van der Waals surface area contributed by atoms with Gasteiger partial charge >= 0.3 is 5.97 Å². The first-order valence-corrected chi connectivity index (χ1v) is 9.74. The van der Waals surface area contributed by atoms with Gasteiger partial charge in [0.25, 0.3) is 0 Å². The van der Waals surface area contributed by atoms with Crippen LogP contribution in [0, 0.1) is 0 Å². The number of benzene rings is 1. The molecule has 0 N–H and O–H groups in total. The van der Waals surface area contributed by atoms with Gasteiger partial charge < -0.3 is 9.47 Å². The number of esters is 1. The van der Waals surface area contributed by atoms with Gasteiger partial charge in [0.05, 0.1) is 24.9 Å². The molecule has 130 valence electrons. The van der Waals surface area contributed by atoms with Gasteiger partial charge in [-0.3, -0.25) is 4.79 Å². The Labute approximate surface area is 154 Å². The number of methoxy groups -OCH3 is 1. The van der Waals surface area contributed by atoms with Crippen molar-refractivity contribution in [2.45, 2.75) is 18.4 Å². The van der Waals surface area contributed by atoms with Gasteiger partial charge in [-0.05, 0) is 24.1 Å². The van der Waals surface area contributed by atoms with Gasteiger partial charge in [0, 0.05) is 10.9 Å². The fraction of sp³-hybridized carbons (Fsp3) is 0.278. The van der Waals surface area contributed by atoms with E-state index in [1.165, 1.54) is 18.1 Å². The Bertz CT molecular complexity index is 862. The average molecular weight is 374 g/mol. The monoisotopic (exact) mass is 374 g/mol. The molecule has 0 fully saturated rings. The van der Waals surface area contributed by atoms with Crippen LogP contribution < -0.4 is 4.74 Å². The van der Waals surface area contributed by atoms with Crippen LogP contribution in [0.3, 0.4) is 0 Å². The van der Waals surface area contributed by atoms with Crippen LogP contribution in [0.4, 0.5) is 0 Å². The van der Waals surface area contributed by atoms with E-state index in [2.05, 4.69) is 15.3 Å². The highest BCUT2D eigenvalue weighted by Gasteiger charge is 2.15. The summed E-state index contributed by atoms with van der Waals surface area (Å²) in [5, 5.41) is 3.84. The molecule has 7 heteroatoms. The number of thiophene rings is 1. The fourth-order valence-electron chi connectivity index (χ4n) is 2.32. The van der Waals surface area contributed by atoms with E-state index in [0.717, 1.165) is 38.5 Å². The predicted octanol–water partition coefficient (Wildman–Crippen LogP) is 4.41. The van der Waals surface area contributed by atoms with Crippen LogP contribution in [0.5, 0.6) is 5.75 Å². The molecule has 0 spiro atoms. The van der Waals surface area contributed by atoms with Crippen LogP contribution in [-0.4, -0.2) is 35.4 Å². The van der Waals surface area contributed by atoms with E-state index in [-0.39, 0.29) is 11.7 Å². The van der Waals surface area contributed by atoms with Crippen LogP contribution in [0.1, 0.15) is 13.3 Å². The van der Waals surface area contributed by atoms with E-state index in [0.29, 0.717) is 6.61 Å². The molecular weight excluding hydrogens is 356 g/mol. The number of carbonyl (C=O) groups is 1. The number of rotatable bonds is 7. The van der Waals surface area contributed by atoms with Crippen molar-refractivity contribution in [2.75, 3.05) is 19.5 Å². The largest absolute Gasteiger partial charge is 0.497 e. The Hall–Kier alpha value is -2.12. The van der Waals surface area contributed by atoms with Crippen LogP contribution >= 0.6 is 23.1 Å². The molecule has 0 atom stereocenters. The number of aromatic nitrogens is 2. The first kappa shape index (κ1) is 17.7. The van der Waals surface area contributed by atoms with Gasteiger partial charge in [-0.2, -0.15) is 0 Å². The molecule has 0 aliphatic heterocycles. The number of nitrogens with zero attached hydrogens (tertiary/aromatic N) is 2. The molecular formula is C18H18N2O3S2. The maximum absolute atomic E-state index is 11.8. The number of hydrogen-bond acceptors (Lipinski definition) is 7. The SMILES string of the molecule is CCCOC(=O)CSc1ncnc2scc(-c3ccc(OC)cc3)c12. The van der Waals surface area contributed by atoms with Crippen molar-refractivity contribution in [3.63, 3.8) is 0 Å². The van der Waals surface area contributed by atoms with Crippen LogP contribution in [0.15, 0.2) is 41.0 Å². The smallest absolute Gasteiger partial charge is 0.316 e. The van der Waals surface area contributed by atoms with Crippen molar-refractivity contribution in [3.05, 3.63) is 36.0 Å². The normalized spacial score (nSPS) is 10.8. The zero-order valence-corrected chi connectivity index (χ0v) is 15.7. The van der Waals surface area contributed by atoms with Crippen molar-refractivity contribution >= 4 is 39.3 Å². The van der Waals surface area contributed by atoms with E-state index >= 15 is 0 Å². The van der Waals surface area contributed by atoms with Crippen molar-refractivity contribution in [2.24, 2.45) is 0 Å². The summed E-state index contributed by atoms with van der Waals surface area (Å²) in [5.41, 5.74) is 2.13. The van der Waals surface area contributed by atoms with E-state index in [9.17, 15) is 4.79 Å². The summed E-state index contributed by atoms with van der Waals surface area (Å²) in [5.74, 6) is 0.831. The van der Waals surface area contributed by atoms with Crippen molar-refractivity contribution < 1.29 is 14.3 Å². The lowest BCUT2D eigenvalue weighted by molar-refractivity contribution is -0.140. The van der Waals surface area contributed by atoms with Gasteiger partial charge in [0.2, 0.25) is 0 Å². The zero-order chi connectivity index (χ0) is 17.6. The van der Waals surface area contributed by atoms with Gasteiger partial charge in [0.15, 0.2) is 0 Å². The molecule has 0 aliphatic carbocycles. The molecule has 0 saturated carbocycles. The molecule has 3 aromatic rings. The van der Waals surface area contributed by atoms with Crippen LogP contribution in [0.25, 0.3) is 21.3 Å². The van der Waals surface area contributed by atoms with Crippen LogP contribution in [-0.2, 0) is 9.53 Å². The summed E-state index contributed by atoms with van der Waals surface area (Å²) >= 11 is 2.96. The van der Waals surface area contributed by atoms with Gasteiger partial charge in [-0.25, -0.2) is 9.97 Å². The number of fused-ring (bicyclic) bond motifs is 1. The third kappa shape index (κ3) is 4.11. The topological polar surface area (TPSA) is 61.3 Å². The van der Waals surface area contributed by atoms with Gasteiger partial charge in [-0.15, -0.1) is 11.3 Å². The first-order valence-electron chi connectivity index (χ1n) is 7.88. The molecule has 0 unspecified atom stereocenters. The molecule has 5 nitrogen and oxygen atoms in total. The average Bonchev–Trinajstić information content (AvgIpc) is 3.09. The Morgan fingerprint density at radius 1 is 1.24 bits per heavy atom. The summed E-state index contributed by atoms with van der Waals surface area (Å²) in [4.78, 5) is 21.4. The molecule has 0 saturated heterocycles. The highest BCUT2D eigenvalue weighted by atomic mass is 32.2. The molecule has 1 aromatic carbocycles. The summed E-state index contributed by atoms with van der Waals surface area (Å²) < 4.78 is 10.3. The van der Waals surface area contributed by atoms with Gasteiger partial charge in [0.1, 0.15) is 21.9 Å². The molecule has 25 heavy (non-hydrogen) atoms. The number of hydrogen-bond donors (Lipinski definition) is 0. The third-order valence-electron chi connectivity index (χ3n) is 3.53. The van der Waals surface area contributed by atoms with E-state index in [1.807, 2.05) is 31.2 Å². The number of carbonyl (C=O) groups excluding carboxylic acids is 1. The molecule has 0 amide bonds. The lowest BCUT2D eigenvalue weighted by Crippen LogP contribution is -2.08. The highest BCUT2D eigenvalue weighted by Crippen LogP contribution is 2.38. The molecule has 0 bridgehead atoms. The fourth-order valence-corrected chi connectivity index (χ4v) is 4.12. The zero-order valence-electron chi connectivity index (χ0n) is 14.0. The standard InChI is InChI=1S/C18H18N2O3S2/c1-3-8-23-15(21)10-25-18-16-14(9-24-17(16)19-11-20-18)12-4-6-13(22-2)7-5-12/h4-7,9,11H,3,8,10H2,1-2H3. The van der Waals surface area contributed by atoms with E-state index in [4.69, 9.17) is 9.47 Å². The first-order chi connectivity index (χ1) is 12.2. The summed E-state index contributed by atoms with van der Waals surface area (Å²) in [6.45, 7) is 2.43. The summed E-state index contributed by atoms with van der Waals surface area (Å²) in [6, 6.07) is 7.88. The summed E-state index contributed by atoms with van der Waals surface area (Å²) in [7, 11) is 1.65. The molecule has 2 heterocycles. The maximum atomic E-state index is 11.8. The minimum atomic E-state index is -0.222. The maximum Gasteiger partial charge on any atom is 0.316 e. The predicted molar refractivity (Wildman–Crippen MR) is 101 cm³/mol. The lowest BCUT2D eigenvalue weighted by Gasteiger charge is -2.06. The minimum Gasteiger partial charge on any atom is -0.497 e. The number of thioether (sulfide) groups is 1. The Kier molecular flexibility index (Phi) is 5.88. The highest BCUT2D eigenvalue weighted by molar-refractivity contribution is 8.00. The number of ether oxygens (including phenoxy) is 2. The lowest BCUT2D eigenvalue weighted by atomic mass is 10.1. The summed E-state index contributed by atoms with van der Waals surface area (Å²) in [6.07, 6.45) is 2.36. The minimum absolute atomic E-state index is 0.222. The Balaban J connectivity index is 1.89. The second kappa shape index (κ2) is 8.31. The Morgan fingerprint density at radius 2 is 2.04 bits per heavy atom. The van der Waals surface area contributed by atoms with Crippen molar-refractivity contribution in [1.29, 1.82) is 0 Å². The second-order valence-corrected chi connectivity index (χ2v) is 7.07. The Morgan fingerprint density at radius 3 is 2.76 bits per heavy atom. The molecule has 0 radical (unpaired) electrons. The van der Waals surface area contributed by atoms with Gasteiger partial charge in [-0.1, -0.05) is 30.8 Å². The molecule has 2 aromatic heterocycles.